The molecule has 0 aliphatic rings. The number of hydrogen-bond donors (Lipinski definition) is 1. The summed E-state index contributed by atoms with van der Waals surface area (Å²) in [5.41, 5.74) is 5.67. The lowest BCUT2D eigenvalue weighted by atomic mass is 10.0. The van der Waals surface area contributed by atoms with Gasteiger partial charge in [-0.15, -0.1) is 0 Å². The fraction of sp³-hybridized carbons (Fsp3) is 0.350. The van der Waals surface area contributed by atoms with E-state index in [0.717, 1.165) is 29.0 Å². The molecule has 1 N–H and O–H groups in total. The summed E-state index contributed by atoms with van der Waals surface area (Å²) >= 11 is 5.21. The number of thiocarbonyl (C=S) groups is 1. The number of benzene rings is 2. The molecule has 0 aliphatic carbocycles. The summed E-state index contributed by atoms with van der Waals surface area (Å²) < 4.78 is 11.4. The van der Waals surface area contributed by atoms with Gasteiger partial charge in [0, 0.05) is 11.3 Å². The monoisotopic (exact) mass is 343 g/mol. The molecule has 2 aromatic rings. The third-order valence-corrected chi connectivity index (χ3v) is 4.09. The van der Waals surface area contributed by atoms with E-state index in [4.69, 9.17) is 21.7 Å². The number of rotatable bonds is 6. The van der Waals surface area contributed by atoms with E-state index in [-0.39, 0.29) is 0 Å². The van der Waals surface area contributed by atoms with Gasteiger partial charge >= 0.3 is 0 Å². The average Bonchev–Trinajstić information content (AvgIpc) is 2.55. The van der Waals surface area contributed by atoms with Crippen molar-refractivity contribution in [2.45, 2.75) is 40.7 Å². The molecule has 0 aromatic heterocycles. The molecule has 0 fully saturated rings. The summed E-state index contributed by atoms with van der Waals surface area (Å²) in [5.74, 6) is 0.907. The van der Waals surface area contributed by atoms with Gasteiger partial charge in [-0.2, -0.15) is 0 Å². The van der Waals surface area contributed by atoms with Crippen LogP contribution >= 0.6 is 12.2 Å². The van der Waals surface area contributed by atoms with Crippen LogP contribution in [0, 0.1) is 13.8 Å². The molecule has 0 saturated carbocycles. The van der Waals surface area contributed by atoms with Gasteiger partial charge in [0.25, 0.3) is 5.17 Å². The van der Waals surface area contributed by atoms with E-state index in [1.165, 1.54) is 11.1 Å². The Kier molecular flexibility index (Phi) is 6.62. The van der Waals surface area contributed by atoms with E-state index in [1.807, 2.05) is 25.1 Å². The minimum absolute atomic E-state index is 0.388. The van der Waals surface area contributed by atoms with Crippen LogP contribution in [0.4, 0.5) is 5.69 Å². The summed E-state index contributed by atoms with van der Waals surface area (Å²) in [7, 11) is 0. The van der Waals surface area contributed by atoms with E-state index in [1.54, 1.807) is 0 Å². The minimum Gasteiger partial charge on any atom is -0.489 e. The second-order valence-electron chi connectivity index (χ2n) is 5.70. The molecule has 0 unspecified atom stereocenters. The van der Waals surface area contributed by atoms with E-state index >= 15 is 0 Å². The molecule has 0 spiro atoms. The molecule has 128 valence electrons. The second kappa shape index (κ2) is 8.69. The summed E-state index contributed by atoms with van der Waals surface area (Å²) in [6, 6.07) is 12.4. The maximum absolute atomic E-state index is 6.08. The van der Waals surface area contributed by atoms with Crippen molar-refractivity contribution in [1.82, 2.24) is 0 Å². The van der Waals surface area contributed by atoms with E-state index in [2.05, 4.69) is 44.3 Å². The van der Waals surface area contributed by atoms with Gasteiger partial charge in [0.2, 0.25) is 0 Å². The van der Waals surface area contributed by atoms with Gasteiger partial charge in [-0.1, -0.05) is 36.8 Å². The largest absolute Gasteiger partial charge is 0.489 e. The Bertz CT molecular complexity index is 713. The number of aryl methyl sites for hydroxylation is 3. The van der Waals surface area contributed by atoms with Crippen LogP contribution in [0.5, 0.6) is 5.75 Å². The zero-order chi connectivity index (χ0) is 17.5. The Labute approximate surface area is 150 Å². The second-order valence-corrected chi connectivity index (χ2v) is 6.07. The van der Waals surface area contributed by atoms with Crippen LogP contribution in [0.15, 0.2) is 36.4 Å². The maximum Gasteiger partial charge on any atom is 0.261 e. The first kappa shape index (κ1) is 18.3. The molecule has 2 rings (SSSR count). The molecule has 4 heteroatoms. The van der Waals surface area contributed by atoms with E-state index in [0.29, 0.717) is 18.4 Å². The molecule has 3 nitrogen and oxygen atoms in total. The predicted molar refractivity (Wildman–Crippen MR) is 104 cm³/mol. The molecule has 0 saturated heterocycles. The van der Waals surface area contributed by atoms with Gasteiger partial charge in [0.15, 0.2) is 0 Å². The van der Waals surface area contributed by atoms with Crippen molar-refractivity contribution in [3.63, 3.8) is 0 Å². The summed E-state index contributed by atoms with van der Waals surface area (Å²) in [4.78, 5) is 0. The van der Waals surface area contributed by atoms with Crippen molar-refractivity contribution in [2.24, 2.45) is 0 Å². The molecular formula is C20H25NO2S. The first-order valence-electron chi connectivity index (χ1n) is 8.29. The van der Waals surface area contributed by atoms with Crippen molar-refractivity contribution in [2.75, 3.05) is 11.9 Å². The summed E-state index contributed by atoms with van der Waals surface area (Å²) in [5, 5.41) is 3.56. The Hall–Kier alpha value is -2.07. The highest BCUT2D eigenvalue weighted by Crippen LogP contribution is 2.25. The fourth-order valence-corrected chi connectivity index (χ4v) is 2.87. The Morgan fingerprint density at radius 1 is 1.12 bits per heavy atom. The van der Waals surface area contributed by atoms with Crippen LogP contribution in [0.1, 0.15) is 36.1 Å². The van der Waals surface area contributed by atoms with E-state index in [9.17, 15) is 0 Å². The van der Waals surface area contributed by atoms with Gasteiger partial charge in [0.05, 0.1) is 6.61 Å². The van der Waals surface area contributed by atoms with Gasteiger partial charge in [-0.05, 0) is 62.7 Å². The molecule has 0 amide bonds. The fourth-order valence-electron chi connectivity index (χ4n) is 2.64. The summed E-state index contributed by atoms with van der Waals surface area (Å²) in [6.45, 7) is 9.25. The molecule has 2 aromatic carbocycles. The molecule has 0 atom stereocenters. The van der Waals surface area contributed by atoms with Crippen molar-refractivity contribution >= 4 is 23.1 Å². The van der Waals surface area contributed by atoms with Crippen LogP contribution in [0.3, 0.4) is 0 Å². The smallest absolute Gasteiger partial charge is 0.261 e. The molecule has 0 radical (unpaired) electrons. The zero-order valence-electron chi connectivity index (χ0n) is 14.8. The Balaban J connectivity index is 2.22. The van der Waals surface area contributed by atoms with Crippen LogP contribution in [-0.2, 0) is 17.8 Å². The molecule has 0 heterocycles. The quantitative estimate of drug-likeness (QED) is 0.732. The van der Waals surface area contributed by atoms with Gasteiger partial charge in [-0.25, -0.2) is 0 Å². The third kappa shape index (κ3) is 4.71. The highest BCUT2D eigenvalue weighted by Gasteiger charge is 2.11. The van der Waals surface area contributed by atoms with Gasteiger partial charge in [0.1, 0.15) is 12.4 Å². The van der Waals surface area contributed by atoms with Crippen LogP contribution in [0.2, 0.25) is 0 Å². The van der Waals surface area contributed by atoms with Crippen LogP contribution < -0.4 is 10.1 Å². The first-order chi connectivity index (χ1) is 11.5. The van der Waals surface area contributed by atoms with Crippen molar-refractivity contribution in [3.05, 3.63) is 58.7 Å². The Morgan fingerprint density at radius 3 is 2.58 bits per heavy atom. The highest BCUT2D eigenvalue weighted by atomic mass is 32.1. The van der Waals surface area contributed by atoms with Gasteiger partial charge < -0.3 is 14.8 Å². The molecule has 24 heavy (non-hydrogen) atoms. The summed E-state index contributed by atoms with van der Waals surface area (Å²) in [6.07, 6.45) is 0.933. The predicted octanol–water partition coefficient (Wildman–Crippen LogP) is 5.18. The number of ether oxygens (including phenoxy) is 2. The van der Waals surface area contributed by atoms with Crippen molar-refractivity contribution in [1.29, 1.82) is 0 Å². The lowest BCUT2D eigenvalue weighted by molar-refractivity contribution is 0.303. The maximum atomic E-state index is 6.08. The third-order valence-electron chi connectivity index (χ3n) is 3.87. The Morgan fingerprint density at radius 2 is 1.92 bits per heavy atom. The topological polar surface area (TPSA) is 30.5 Å². The number of nitrogens with one attached hydrogen (secondary N) is 1. The molecule has 0 aliphatic heterocycles. The van der Waals surface area contributed by atoms with Crippen LogP contribution in [-0.4, -0.2) is 11.8 Å². The average molecular weight is 343 g/mol. The normalized spacial score (nSPS) is 10.3. The van der Waals surface area contributed by atoms with Gasteiger partial charge in [-0.3, -0.25) is 0 Å². The van der Waals surface area contributed by atoms with Crippen LogP contribution in [0.25, 0.3) is 0 Å². The zero-order valence-corrected chi connectivity index (χ0v) is 15.6. The number of anilines is 1. The minimum atomic E-state index is 0.388. The lowest BCUT2D eigenvalue weighted by Crippen LogP contribution is -2.15. The highest BCUT2D eigenvalue weighted by molar-refractivity contribution is 7.80. The van der Waals surface area contributed by atoms with Crippen molar-refractivity contribution in [3.8, 4) is 5.75 Å². The number of hydrogen-bond acceptors (Lipinski definition) is 3. The van der Waals surface area contributed by atoms with E-state index < -0.39 is 0 Å². The lowest BCUT2D eigenvalue weighted by Gasteiger charge is -2.17. The first-order valence-corrected chi connectivity index (χ1v) is 8.70. The molecule has 0 bridgehead atoms. The standard InChI is InChI=1S/C20H25NO2S/c1-5-16-8-7-9-18(21-20(24)22-6-2)17(16)13-23-19-11-10-14(3)12-15(19)4/h7-12H,5-6,13H2,1-4H3,(H,21,24). The SMILES string of the molecule is CCOC(=S)Nc1cccc(CC)c1COc1ccc(C)cc1C. The van der Waals surface area contributed by atoms with Crippen molar-refractivity contribution < 1.29 is 9.47 Å². The molecular weight excluding hydrogens is 318 g/mol.